The Kier molecular flexibility index (Phi) is 6.89. The van der Waals surface area contributed by atoms with E-state index in [4.69, 9.17) is 14.5 Å². The topological polar surface area (TPSA) is 66.9 Å². The molecule has 0 saturated carbocycles. The highest BCUT2D eigenvalue weighted by molar-refractivity contribution is 6.01. The summed E-state index contributed by atoms with van der Waals surface area (Å²) in [4.78, 5) is 22.5. The predicted molar refractivity (Wildman–Crippen MR) is 143 cm³/mol. The second-order valence-corrected chi connectivity index (χ2v) is 8.74. The van der Waals surface area contributed by atoms with Crippen LogP contribution < -0.4 is 24.6 Å². The maximum absolute atomic E-state index is 13.1. The van der Waals surface area contributed by atoms with Gasteiger partial charge < -0.3 is 24.6 Å². The number of amides is 1. The smallest absolute Gasteiger partial charge is 0.251 e. The molecule has 7 nitrogen and oxygen atoms in total. The summed E-state index contributed by atoms with van der Waals surface area (Å²) >= 11 is 0. The molecule has 0 aliphatic carbocycles. The van der Waals surface area contributed by atoms with Gasteiger partial charge in [0.15, 0.2) is 0 Å². The average molecular weight is 483 g/mol. The van der Waals surface area contributed by atoms with Crippen molar-refractivity contribution in [3.63, 3.8) is 0 Å². The van der Waals surface area contributed by atoms with Crippen LogP contribution in [0.2, 0.25) is 0 Å². The van der Waals surface area contributed by atoms with E-state index in [0.717, 1.165) is 48.3 Å². The number of carbonyl (C=O) groups is 1. The highest BCUT2D eigenvalue weighted by atomic mass is 16.5. The van der Waals surface area contributed by atoms with Gasteiger partial charge in [0.05, 0.1) is 14.2 Å². The van der Waals surface area contributed by atoms with E-state index >= 15 is 0 Å². The Morgan fingerprint density at radius 1 is 0.889 bits per heavy atom. The van der Waals surface area contributed by atoms with Crippen molar-refractivity contribution in [1.29, 1.82) is 0 Å². The second kappa shape index (κ2) is 10.6. The number of nitrogens with one attached hydrogen (secondary N) is 1. The summed E-state index contributed by atoms with van der Waals surface area (Å²) < 4.78 is 10.7. The van der Waals surface area contributed by atoms with Crippen molar-refractivity contribution in [3.8, 4) is 11.5 Å². The molecule has 5 rings (SSSR count). The van der Waals surface area contributed by atoms with E-state index in [1.807, 2.05) is 54.7 Å². The Morgan fingerprint density at radius 3 is 2.42 bits per heavy atom. The van der Waals surface area contributed by atoms with E-state index in [2.05, 4.69) is 39.4 Å². The maximum Gasteiger partial charge on any atom is 0.251 e. The molecule has 3 aromatic carbocycles. The minimum Gasteiger partial charge on any atom is -0.497 e. The molecule has 0 atom stereocenters. The molecule has 0 bridgehead atoms. The maximum atomic E-state index is 13.1. The zero-order valence-electron chi connectivity index (χ0n) is 20.6. The standard InChI is InChI=1S/C29H30N4O3/c1-35-25-11-10-23(27(19-25)36-2)20-31-29(34)22-9-8-21-12-13-30-28(26(21)18-22)33-16-14-32(15-17-33)24-6-4-3-5-7-24/h3-13,18-19H,14-17,20H2,1-2H3,(H,31,34). The molecule has 7 heteroatoms. The van der Waals surface area contributed by atoms with Crippen LogP contribution in [0.25, 0.3) is 10.8 Å². The van der Waals surface area contributed by atoms with Crippen molar-refractivity contribution in [2.75, 3.05) is 50.2 Å². The van der Waals surface area contributed by atoms with E-state index in [-0.39, 0.29) is 5.91 Å². The molecule has 1 aliphatic heterocycles. The van der Waals surface area contributed by atoms with Gasteiger partial charge in [0.2, 0.25) is 0 Å². The third kappa shape index (κ3) is 4.91. The molecule has 184 valence electrons. The first-order valence-electron chi connectivity index (χ1n) is 12.1. The SMILES string of the molecule is COc1ccc(CNC(=O)c2ccc3ccnc(N4CCN(c5ccccc5)CC4)c3c2)c(OC)c1. The van der Waals surface area contributed by atoms with Crippen molar-refractivity contribution in [2.45, 2.75) is 6.54 Å². The molecule has 0 radical (unpaired) electrons. The van der Waals surface area contributed by atoms with E-state index in [9.17, 15) is 4.79 Å². The number of hydrogen-bond donors (Lipinski definition) is 1. The molecule has 1 fully saturated rings. The largest absolute Gasteiger partial charge is 0.497 e. The number of benzene rings is 3. The van der Waals surface area contributed by atoms with Gasteiger partial charge in [0.25, 0.3) is 5.91 Å². The number of para-hydroxylation sites is 1. The van der Waals surface area contributed by atoms with Crippen molar-refractivity contribution in [2.24, 2.45) is 0 Å². The average Bonchev–Trinajstić information content (AvgIpc) is 2.95. The van der Waals surface area contributed by atoms with Crippen LogP contribution in [0.1, 0.15) is 15.9 Å². The third-order valence-electron chi connectivity index (χ3n) is 6.64. The van der Waals surface area contributed by atoms with Gasteiger partial charge in [-0.2, -0.15) is 0 Å². The number of pyridine rings is 1. The van der Waals surface area contributed by atoms with Crippen LogP contribution in [0.15, 0.2) is 79.0 Å². The summed E-state index contributed by atoms with van der Waals surface area (Å²) in [5.74, 6) is 2.17. The minimum absolute atomic E-state index is 0.140. The number of hydrogen-bond acceptors (Lipinski definition) is 6. The van der Waals surface area contributed by atoms with Gasteiger partial charge >= 0.3 is 0 Å². The molecule has 1 aliphatic rings. The van der Waals surface area contributed by atoms with Gasteiger partial charge in [0.1, 0.15) is 17.3 Å². The summed E-state index contributed by atoms with van der Waals surface area (Å²) in [5, 5.41) is 5.07. The molecular formula is C29H30N4O3. The number of aromatic nitrogens is 1. The lowest BCUT2D eigenvalue weighted by Crippen LogP contribution is -2.46. The molecule has 36 heavy (non-hydrogen) atoms. The van der Waals surface area contributed by atoms with Gasteiger partial charge in [-0.3, -0.25) is 4.79 Å². The summed E-state index contributed by atoms with van der Waals surface area (Å²) in [6.07, 6.45) is 1.84. The van der Waals surface area contributed by atoms with Gasteiger partial charge in [-0.15, -0.1) is 0 Å². The van der Waals surface area contributed by atoms with Crippen molar-refractivity contribution >= 4 is 28.2 Å². The summed E-state index contributed by atoms with van der Waals surface area (Å²) in [7, 11) is 3.22. The Morgan fingerprint density at radius 2 is 1.67 bits per heavy atom. The molecule has 0 unspecified atom stereocenters. The lowest BCUT2D eigenvalue weighted by Gasteiger charge is -2.37. The predicted octanol–water partition coefficient (Wildman–Crippen LogP) is 4.51. The first-order valence-corrected chi connectivity index (χ1v) is 12.1. The summed E-state index contributed by atoms with van der Waals surface area (Å²) in [5.41, 5.74) is 2.73. The summed E-state index contributed by atoms with van der Waals surface area (Å²) in [6, 6.07) is 23.8. The van der Waals surface area contributed by atoms with Crippen LogP contribution in [-0.2, 0) is 6.54 Å². The first kappa shape index (κ1) is 23.5. The van der Waals surface area contributed by atoms with Gasteiger partial charge in [-0.05, 0) is 47.9 Å². The van der Waals surface area contributed by atoms with Crippen molar-refractivity contribution in [1.82, 2.24) is 10.3 Å². The van der Waals surface area contributed by atoms with E-state index < -0.39 is 0 Å². The highest BCUT2D eigenvalue weighted by Gasteiger charge is 2.20. The normalized spacial score (nSPS) is 13.5. The van der Waals surface area contributed by atoms with Crippen LogP contribution in [0, 0.1) is 0 Å². The van der Waals surface area contributed by atoms with Gasteiger partial charge in [-0.25, -0.2) is 4.98 Å². The number of rotatable bonds is 7. The fourth-order valence-corrected chi connectivity index (χ4v) is 4.64. The lowest BCUT2D eigenvalue weighted by molar-refractivity contribution is 0.0951. The van der Waals surface area contributed by atoms with Crippen molar-refractivity contribution in [3.05, 3.63) is 90.1 Å². The van der Waals surface area contributed by atoms with Crippen LogP contribution in [0.5, 0.6) is 11.5 Å². The minimum atomic E-state index is -0.140. The zero-order valence-corrected chi connectivity index (χ0v) is 20.6. The summed E-state index contributed by atoms with van der Waals surface area (Å²) in [6.45, 7) is 3.94. The Bertz CT molecular complexity index is 1350. The number of methoxy groups -OCH3 is 2. The highest BCUT2D eigenvalue weighted by Crippen LogP contribution is 2.28. The first-order chi connectivity index (χ1) is 17.7. The number of carbonyl (C=O) groups excluding carboxylic acids is 1. The van der Waals surface area contributed by atoms with Crippen LogP contribution in [0.3, 0.4) is 0 Å². The molecule has 0 spiro atoms. The molecule has 1 saturated heterocycles. The Labute approximate surface area is 211 Å². The van der Waals surface area contributed by atoms with E-state index in [1.54, 1.807) is 14.2 Å². The molecule has 1 amide bonds. The number of nitrogens with zero attached hydrogens (tertiary/aromatic N) is 3. The zero-order chi connectivity index (χ0) is 24.9. The monoisotopic (exact) mass is 482 g/mol. The van der Waals surface area contributed by atoms with E-state index in [1.165, 1.54) is 5.69 Å². The van der Waals surface area contributed by atoms with Crippen LogP contribution in [-0.4, -0.2) is 51.3 Å². The number of fused-ring (bicyclic) bond motifs is 1. The Balaban J connectivity index is 1.31. The quantitative estimate of drug-likeness (QED) is 0.418. The molecule has 4 aromatic rings. The molecule has 2 heterocycles. The lowest BCUT2D eigenvalue weighted by atomic mass is 10.1. The number of piperazine rings is 1. The molecular weight excluding hydrogens is 452 g/mol. The van der Waals surface area contributed by atoms with Crippen molar-refractivity contribution < 1.29 is 14.3 Å². The van der Waals surface area contributed by atoms with Crippen LogP contribution >= 0.6 is 0 Å². The number of anilines is 2. The molecule has 1 aromatic heterocycles. The van der Waals surface area contributed by atoms with Crippen LogP contribution in [0.4, 0.5) is 11.5 Å². The molecule has 1 N–H and O–H groups in total. The third-order valence-corrected chi connectivity index (χ3v) is 6.64. The van der Waals surface area contributed by atoms with Gasteiger partial charge in [0, 0.05) is 67.2 Å². The van der Waals surface area contributed by atoms with Gasteiger partial charge in [-0.1, -0.05) is 24.3 Å². The second-order valence-electron chi connectivity index (χ2n) is 8.74. The van der Waals surface area contributed by atoms with E-state index in [0.29, 0.717) is 23.6 Å². The fourth-order valence-electron chi connectivity index (χ4n) is 4.64. The Hall–Kier alpha value is -4.26. The number of ether oxygens (including phenoxy) is 2. The fraction of sp³-hybridized carbons (Fsp3) is 0.241.